The highest BCUT2D eigenvalue weighted by atomic mass is 16.5. The van der Waals surface area contributed by atoms with Gasteiger partial charge in [-0.3, -0.25) is 9.59 Å². The summed E-state index contributed by atoms with van der Waals surface area (Å²) in [6, 6.07) is 17.1. The molecule has 32 heavy (non-hydrogen) atoms. The molecule has 8 nitrogen and oxygen atoms in total. The average molecular weight is 429 g/mol. The van der Waals surface area contributed by atoms with E-state index < -0.39 is 11.9 Å². The van der Waals surface area contributed by atoms with Crippen LogP contribution in [0.1, 0.15) is 35.6 Å². The summed E-state index contributed by atoms with van der Waals surface area (Å²) < 4.78 is 4.80. The minimum atomic E-state index is -1.20. The number of nitrogens with one attached hydrogen (secondary N) is 1. The molecule has 0 bridgehead atoms. The summed E-state index contributed by atoms with van der Waals surface area (Å²) in [5.41, 5.74) is 3.50. The molecule has 1 unspecified atom stereocenters. The minimum absolute atomic E-state index is 0.172. The number of esters is 1. The third-order valence-electron chi connectivity index (χ3n) is 5.53. The van der Waals surface area contributed by atoms with Crippen LogP contribution in [0.3, 0.4) is 0 Å². The second-order valence-electron chi connectivity index (χ2n) is 7.57. The van der Waals surface area contributed by atoms with Gasteiger partial charge in [0.25, 0.3) is 0 Å². The number of benzene rings is 2. The van der Waals surface area contributed by atoms with Gasteiger partial charge < -0.3 is 15.0 Å². The van der Waals surface area contributed by atoms with Crippen LogP contribution in [0.4, 0.5) is 5.82 Å². The van der Waals surface area contributed by atoms with Crippen molar-refractivity contribution in [1.29, 1.82) is 5.26 Å². The highest BCUT2D eigenvalue weighted by molar-refractivity contribution is 5.85. The van der Waals surface area contributed by atoms with E-state index in [0.717, 1.165) is 24.1 Å². The Bertz CT molecular complexity index is 1200. The molecule has 1 atom stereocenters. The normalized spacial score (nSPS) is 14.2. The molecule has 0 spiro atoms. The van der Waals surface area contributed by atoms with Crippen molar-refractivity contribution in [2.24, 2.45) is 0 Å². The maximum atomic E-state index is 12.2. The lowest BCUT2D eigenvalue weighted by Crippen LogP contribution is -2.24. The molecular formula is C24H23N5O3. The number of hydrogen-bond acceptors (Lipinski definition) is 7. The van der Waals surface area contributed by atoms with Gasteiger partial charge in [0, 0.05) is 26.1 Å². The second-order valence-corrected chi connectivity index (χ2v) is 7.57. The van der Waals surface area contributed by atoms with Crippen LogP contribution in [0.2, 0.25) is 0 Å². The first-order chi connectivity index (χ1) is 15.6. The smallest absolute Gasteiger partial charge is 0.329 e. The third-order valence-corrected chi connectivity index (χ3v) is 5.53. The molecular weight excluding hydrogens is 406 g/mol. The number of fused-ring (bicyclic) bond motifs is 1. The number of rotatable bonds is 7. The SMILES string of the molecule is COC(=O)C(C#N)c1nc2ccccc2nc1NCc1ccccc1CN1CCCC1=O. The van der Waals surface area contributed by atoms with E-state index in [1.54, 1.807) is 6.07 Å². The predicted molar refractivity (Wildman–Crippen MR) is 118 cm³/mol. The summed E-state index contributed by atoms with van der Waals surface area (Å²) in [6.45, 7) is 1.72. The topological polar surface area (TPSA) is 108 Å². The van der Waals surface area contributed by atoms with Crippen molar-refractivity contribution in [3.63, 3.8) is 0 Å². The molecule has 2 aromatic carbocycles. The third kappa shape index (κ3) is 4.37. The Morgan fingerprint density at radius 3 is 2.50 bits per heavy atom. The number of carbonyl (C=O) groups excluding carboxylic acids is 2. The van der Waals surface area contributed by atoms with Crippen LogP contribution in [0, 0.1) is 11.3 Å². The van der Waals surface area contributed by atoms with Crippen molar-refractivity contribution in [3.05, 3.63) is 65.4 Å². The number of para-hydroxylation sites is 2. The summed E-state index contributed by atoms with van der Waals surface area (Å²) in [5, 5.41) is 12.9. The number of nitrogens with zero attached hydrogens (tertiary/aromatic N) is 4. The van der Waals surface area contributed by atoms with Gasteiger partial charge in [-0.05, 0) is 29.7 Å². The molecule has 1 saturated heterocycles. The van der Waals surface area contributed by atoms with Crippen LogP contribution >= 0.6 is 0 Å². The lowest BCUT2D eigenvalue weighted by Gasteiger charge is -2.19. The zero-order chi connectivity index (χ0) is 22.5. The van der Waals surface area contributed by atoms with Gasteiger partial charge in [0.2, 0.25) is 5.91 Å². The molecule has 3 aromatic rings. The highest BCUT2D eigenvalue weighted by Gasteiger charge is 2.27. The number of methoxy groups -OCH3 is 1. The monoisotopic (exact) mass is 429 g/mol. The minimum Gasteiger partial charge on any atom is -0.468 e. The molecule has 0 radical (unpaired) electrons. The molecule has 0 aliphatic carbocycles. The summed E-state index contributed by atoms with van der Waals surface area (Å²) in [6.07, 6.45) is 1.48. The lowest BCUT2D eigenvalue weighted by molar-refractivity contribution is -0.141. The summed E-state index contributed by atoms with van der Waals surface area (Å²) >= 11 is 0. The van der Waals surface area contributed by atoms with Crippen molar-refractivity contribution in [3.8, 4) is 6.07 Å². The van der Waals surface area contributed by atoms with Crippen molar-refractivity contribution in [1.82, 2.24) is 14.9 Å². The van der Waals surface area contributed by atoms with Crippen LogP contribution in [-0.2, 0) is 27.4 Å². The van der Waals surface area contributed by atoms with E-state index in [1.165, 1.54) is 7.11 Å². The van der Waals surface area contributed by atoms with Gasteiger partial charge in [0.1, 0.15) is 5.69 Å². The van der Waals surface area contributed by atoms with E-state index in [0.29, 0.717) is 36.4 Å². The number of amides is 1. The number of carbonyl (C=O) groups is 2. The maximum absolute atomic E-state index is 12.2. The summed E-state index contributed by atoms with van der Waals surface area (Å²) in [4.78, 5) is 35.3. The Hall–Kier alpha value is -3.99. The van der Waals surface area contributed by atoms with Crippen molar-refractivity contribution in [2.75, 3.05) is 19.0 Å². The van der Waals surface area contributed by atoms with Crippen LogP contribution < -0.4 is 5.32 Å². The first-order valence-electron chi connectivity index (χ1n) is 10.4. The van der Waals surface area contributed by atoms with Crippen molar-refractivity contribution in [2.45, 2.75) is 31.8 Å². The van der Waals surface area contributed by atoms with Crippen LogP contribution in [-0.4, -0.2) is 40.4 Å². The molecule has 4 rings (SSSR count). The molecule has 2 heterocycles. The number of likely N-dealkylation sites (tertiary alicyclic amines) is 1. The number of anilines is 1. The fourth-order valence-corrected chi connectivity index (χ4v) is 3.83. The molecule has 0 saturated carbocycles. The van der Waals surface area contributed by atoms with Gasteiger partial charge >= 0.3 is 5.97 Å². The van der Waals surface area contributed by atoms with Gasteiger partial charge in [0.05, 0.1) is 24.2 Å². The molecule has 1 aliphatic rings. The quantitative estimate of drug-likeness (QED) is 0.575. The van der Waals surface area contributed by atoms with Crippen molar-refractivity contribution >= 4 is 28.7 Å². The van der Waals surface area contributed by atoms with Gasteiger partial charge in [-0.25, -0.2) is 9.97 Å². The molecule has 8 heteroatoms. The zero-order valence-corrected chi connectivity index (χ0v) is 17.7. The maximum Gasteiger partial charge on any atom is 0.329 e. The van der Waals surface area contributed by atoms with E-state index in [2.05, 4.69) is 15.3 Å². The van der Waals surface area contributed by atoms with E-state index >= 15 is 0 Å². The first-order valence-corrected chi connectivity index (χ1v) is 10.4. The number of hydrogen-bond donors (Lipinski definition) is 1. The molecule has 1 amide bonds. The van der Waals surface area contributed by atoms with Gasteiger partial charge in [0.15, 0.2) is 11.7 Å². The number of aromatic nitrogens is 2. The molecule has 1 aliphatic heterocycles. The number of ether oxygens (including phenoxy) is 1. The van der Waals surface area contributed by atoms with Gasteiger partial charge in [-0.15, -0.1) is 0 Å². The van der Waals surface area contributed by atoms with E-state index in [-0.39, 0.29) is 11.6 Å². The Balaban J connectivity index is 1.65. The Morgan fingerprint density at radius 2 is 1.84 bits per heavy atom. The van der Waals surface area contributed by atoms with E-state index in [1.807, 2.05) is 53.4 Å². The number of nitriles is 1. The highest BCUT2D eigenvalue weighted by Crippen LogP contribution is 2.26. The molecule has 1 aromatic heterocycles. The largest absolute Gasteiger partial charge is 0.468 e. The van der Waals surface area contributed by atoms with Crippen LogP contribution in [0.5, 0.6) is 0 Å². The molecule has 1 N–H and O–H groups in total. The van der Waals surface area contributed by atoms with Gasteiger partial charge in [-0.2, -0.15) is 5.26 Å². The summed E-state index contributed by atoms with van der Waals surface area (Å²) in [5.74, 6) is -1.36. The molecule has 162 valence electrons. The fourth-order valence-electron chi connectivity index (χ4n) is 3.83. The molecule has 1 fully saturated rings. The fraction of sp³-hybridized carbons (Fsp3) is 0.292. The Morgan fingerprint density at radius 1 is 1.16 bits per heavy atom. The Labute approximate surface area is 185 Å². The van der Waals surface area contributed by atoms with Crippen LogP contribution in [0.25, 0.3) is 11.0 Å². The van der Waals surface area contributed by atoms with Crippen LogP contribution in [0.15, 0.2) is 48.5 Å². The second kappa shape index (κ2) is 9.43. The van der Waals surface area contributed by atoms with Gasteiger partial charge in [-0.1, -0.05) is 36.4 Å². The standard InChI is InChI=1S/C24H23N5O3/c1-32-24(31)18(13-25)22-23(28-20-10-5-4-9-19(20)27-22)26-14-16-7-2-3-8-17(16)15-29-12-6-11-21(29)30/h2-5,7-10,18H,6,11-12,14-15H2,1H3,(H,26,28). The predicted octanol–water partition coefficient (Wildman–Crippen LogP) is 3.14. The van der Waals surface area contributed by atoms with Crippen molar-refractivity contribution < 1.29 is 14.3 Å². The van der Waals surface area contributed by atoms with E-state index in [9.17, 15) is 14.9 Å². The lowest BCUT2D eigenvalue weighted by atomic mass is 10.1. The average Bonchev–Trinajstić information content (AvgIpc) is 3.22. The van der Waals surface area contributed by atoms with E-state index in [4.69, 9.17) is 4.74 Å². The Kier molecular flexibility index (Phi) is 6.26. The summed E-state index contributed by atoms with van der Waals surface area (Å²) in [7, 11) is 1.24. The first kappa shape index (κ1) is 21.2. The zero-order valence-electron chi connectivity index (χ0n) is 17.7.